The summed E-state index contributed by atoms with van der Waals surface area (Å²) in [5.74, 6) is 0.599. The molecular formula is C9H15NO6S. The molecule has 0 amide bonds. The minimum absolute atomic E-state index is 0.121. The van der Waals surface area contributed by atoms with Gasteiger partial charge in [-0.2, -0.15) is 0 Å². The molecule has 2 heterocycles. The van der Waals surface area contributed by atoms with Crippen LogP contribution < -0.4 is 0 Å². The highest BCUT2D eigenvalue weighted by Crippen LogP contribution is 2.31. The SMILES string of the molecule is CCC[S@@](=O)C1COC2C(O[N+](=O)[O-])COC21. The summed E-state index contributed by atoms with van der Waals surface area (Å²) < 4.78 is 22.7. The van der Waals surface area contributed by atoms with Crippen LogP contribution in [0, 0.1) is 10.1 Å². The van der Waals surface area contributed by atoms with Crippen molar-refractivity contribution in [3.05, 3.63) is 10.1 Å². The molecule has 0 saturated carbocycles. The standard InChI is InChI=1S/C9H15NO6S/c1-2-3-17(13)7-5-15-8-6(16-10(11)12)4-14-9(7)8/h6-9H,2-5H2,1H3/t6?,7?,8?,9?,17-/m1/s1. The maximum atomic E-state index is 11.9. The van der Waals surface area contributed by atoms with Crippen LogP contribution in [0.2, 0.25) is 0 Å². The van der Waals surface area contributed by atoms with Gasteiger partial charge in [0.2, 0.25) is 0 Å². The highest BCUT2D eigenvalue weighted by atomic mass is 32.2. The molecule has 2 aliphatic heterocycles. The third kappa shape index (κ3) is 2.58. The van der Waals surface area contributed by atoms with Crippen LogP contribution in [0.3, 0.4) is 0 Å². The van der Waals surface area contributed by atoms with Gasteiger partial charge in [-0.05, 0) is 6.42 Å². The molecule has 17 heavy (non-hydrogen) atoms. The van der Waals surface area contributed by atoms with E-state index < -0.39 is 28.1 Å². The fourth-order valence-corrected chi connectivity index (χ4v) is 3.68. The van der Waals surface area contributed by atoms with Crippen LogP contribution in [-0.4, -0.2) is 51.8 Å². The molecule has 0 N–H and O–H groups in total. The molecule has 0 bridgehead atoms. The van der Waals surface area contributed by atoms with Crippen molar-refractivity contribution in [2.75, 3.05) is 19.0 Å². The number of hydrogen-bond donors (Lipinski definition) is 0. The van der Waals surface area contributed by atoms with E-state index in [9.17, 15) is 14.3 Å². The van der Waals surface area contributed by atoms with Gasteiger partial charge in [0.1, 0.15) is 12.2 Å². The van der Waals surface area contributed by atoms with Crippen molar-refractivity contribution in [1.29, 1.82) is 0 Å². The van der Waals surface area contributed by atoms with Crippen LogP contribution >= 0.6 is 0 Å². The average molecular weight is 265 g/mol. The molecule has 0 radical (unpaired) electrons. The minimum Gasteiger partial charge on any atom is -0.372 e. The Kier molecular flexibility index (Phi) is 3.95. The van der Waals surface area contributed by atoms with Gasteiger partial charge in [0.25, 0.3) is 5.09 Å². The number of ether oxygens (including phenoxy) is 2. The van der Waals surface area contributed by atoms with Gasteiger partial charge in [-0.25, -0.2) is 0 Å². The molecule has 2 fully saturated rings. The van der Waals surface area contributed by atoms with Gasteiger partial charge in [0, 0.05) is 16.6 Å². The first-order valence-corrected chi connectivity index (χ1v) is 6.93. The Bertz CT molecular complexity index is 325. The third-order valence-corrected chi connectivity index (χ3v) is 4.82. The number of hydrogen-bond acceptors (Lipinski definition) is 6. The molecule has 98 valence electrons. The topological polar surface area (TPSA) is 87.9 Å². The summed E-state index contributed by atoms with van der Waals surface area (Å²) in [6.07, 6.45) is -0.674. The van der Waals surface area contributed by atoms with Crippen LogP contribution in [0.1, 0.15) is 13.3 Å². The van der Waals surface area contributed by atoms with Crippen molar-refractivity contribution >= 4 is 10.8 Å². The van der Waals surface area contributed by atoms with Crippen LogP contribution in [0.5, 0.6) is 0 Å². The highest BCUT2D eigenvalue weighted by molar-refractivity contribution is 7.85. The van der Waals surface area contributed by atoms with Crippen molar-refractivity contribution in [1.82, 2.24) is 0 Å². The van der Waals surface area contributed by atoms with Gasteiger partial charge < -0.3 is 14.3 Å². The maximum Gasteiger partial charge on any atom is 0.294 e. The summed E-state index contributed by atoms with van der Waals surface area (Å²) >= 11 is 0. The quantitative estimate of drug-likeness (QED) is 0.509. The van der Waals surface area contributed by atoms with E-state index in [4.69, 9.17) is 9.47 Å². The van der Waals surface area contributed by atoms with E-state index in [2.05, 4.69) is 4.84 Å². The molecule has 0 spiro atoms. The van der Waals surface area contributed by atoms with E-state index in [1.54, 1.807) is 0 Å². The number of fused-ring (bicyclic) bond motifs is 1. The Hall–Kier alpha value is -0.730. The molecule has 0 aliphatic carbocycles. The first-order chi connectivity index (χ1) is 8.13. The molecule has 8 heteroatoms. The normalized spacial score (nSPS) is 37.7. The average Bonchev–Trinajstić information content (AvgIpc) is 2.80. The van der Waals surface area contributed by atoms with Gasteiger partial charge in [0.05, 0.1) is 18.5 Å². The summed E-state index contributed by atoms with van der Waals surface area (Å²) in [6, 6.07) is 0. The monoisotopic (exact) mass is 265 g/mol. The smallest absolute Gasteiger partial charge is 0.294 e. The lowest BCUT2D eigenvalue weighted by molar-refractivity contribution is -0.769. The van der Waals surface area contributed by atoms with E-state index in [-0.39, 0.29) is 18.0 Å². The Morgan fingerprint density at radius 2 is 2.12 bits per heavy atom. The zero-order chi connectivity index (χ0) is 12.4. The Morgan fingerprint density at radius 3 is 2.76 bits per heavy atom. The maximum absolute atomic E-state index is 11.9. The fraction of sp³-hybridized carbons (Fsp3) is 1.00. The van der Waals surface area contributed by atoms with Crippen LogP contribution in [0.15, 0.2) is 0 Å². The van der Waals surface area contributed by atoms with E-state index in [1.807, 2.05) is 6.92 Å². The van der Waals surface area contributed by atoms with E-state index in [0.717, 1.165) is 6.42 Å². The lowest BCUT2D eigenvalue weighted by Gasteiger charge is -2.15. The Balaban J connectivity index is 1.97. The molecule has 7 nitrogen and oxygen atoms in total. The first kappa shape index (κ1) is 12.7. The number of nitrogens with zero attached hydrogens (tertiary/aromatic N) is 1. The predicted molar refractivity (Wildman–Crippen MR) is 58.4 cm³/mol. The lowest BCUT2D eigenvalue weighted by Crippen LogP contribution is -2.36. The van der Waals surface area contributed by atoms with Crippen molar-refractivity contribution in [2.45, 2.75) is 36.9 Å². The van der Waals surface area contributed by atoms with Crippen LogP contribution in [-0.2, 0) is 25.1 Å². The predicted octanol–water partition coefficient (Wildman–Crippen LogP) is -0.112. The molecule has 2 rings (SSSR count). The molecule has 2 saturated heterocycles. The second-order valence-corrected chi connectivity index (χ2v) is 5.86. The van der Waals surface area contributed by atoms with Crippen molar-refractivity contribution in [3.8, 4) is 0 Å². The molecule has 2 aliphatic rings. The van der Waals surface area contributed by atoms with Crippen molar-refractivity contribution in [3.63, 3.8) is 0 Å². The van der Waals surface area contributed by atoms with E-state index >= 15 is 0 Å². The van der Waals surface area contributed by atoms with Crippen LogP contribution in [0.4, 0.5) is 0 Å². The van der Waals surface area contributed by atoms with Crippen molar-refractivity contribution < 1.29 is 23.6 Å². The minimum atomic E-state index is -1.01. The van der Waals surface area contributed by atoms with E-state index in [1.165, 1.54) is 0 Å². The third-order valence-electron chi connectivity index (χ3n) is 2.93. The molecule has 5 atom stereocenters. The summed E-state index contributed by atoms with van der Waals surface area (Å²) in [6.45, 7) is 2.40. The largest absolute Gasteiger partial charge is 0.372 e. The fourth-order valence-electron chi connectivity index (χ4n) is 2.21. The summed E-state index contributed by atoms with van der Waals surface area (Å²) in [5.41, 5.74) is 0. The lowest BCUT2D eigenvalue weighted by atomic mass is 10.1. The number of rotatable bonds is 5. The van der Waals surface area contributed by atoms with Gasteiger partial charge in [-0.15, -0.1) is 10.1 Å². The second kappa shape index (κ2) is 5.28. The van der Waals surface area contributed by atoms with Gasteiger partial charge in [-0.3, -0.25) is 4.21 Å². The second-order valence-electron chi connectivity index (χ2n) is 4.09. The molecule has 0 aromatic heterocycles. The van der Waals surface area contributed by atoms with Crippen molar-refractivity contribution in [2.24, 2.45) is 0 Å². The molecule has 4 unspecified atom stereocenters. The summed E-state index contributed by atoms with van der Waals surface area (Å²) in [4.78, 5) is 14.8. The Morgan fingerprint density at radius 1 is 1.41 bits per heavy atom. The summed E-state index contributed by atoms with van der Waals surface area (Å²) in [7, 11) is -1.01. The highest BCUT2D eigenvalue weighted by Gasteiger charge is 2.51. The van der Waals surface area contributed by atoms with Gasteiger partial charge in [0.15, 0.2) is 6.10 Å². The molecular weight excluding hydrogens is 250 g/mol. The van der Waals surface area contributed by atoms with Gasteiger partial charge in [-0.1, -0.05) is 6.92 Å². The molecule has 0 aromatic carbocycles. The Labute approximate surface area is 101 Å². The zero-order valence-corrected chi connectivity index (χ0v) is 10.3. The first-order valence-electron chi connectivity index (χ1n) is 5.55. The van der Waals surface area contributed by atoms with Gasteiger partial charge >= 0.3 is 0 Å². The van der Waals surface area contributed by atoms with E-state index in [0.29, 0.717) is 12.4 Å². The molecule has 0 aromatic rings. The summed E-state index contributed by atoms with van der Waals surface area (Å²) in [5, 5.41) is 9.24. The van der Waals surface area contributed by atoms with Crippen LogP contribution in [0.25, 0.3) is 0 Å². The zero-order valence-electron chi connectivity index (χ0n) is 9.44.